The third-order valence-electron chi connectivity index (χ3n) is 3.03. The lowest BCUT2D eigenvalue weighted by atomic mass is 10.1. The summed E-state index contributed by atoms with van der Waals surface area (Å²) in [7, 11) is 0. The van der Waals surface area contributed by atoms with Crippen molar-refractivity contribution >= 4 is 12.6 Å². The normalized spacial score (nSPS) is 10.4. The van der Waals surface area contributed by atoms with Gasteiger partial charge in [0.1, 0.15) is 5.75 Å². The number of unbranched alkanes of at least 4 members (excludes halogenated alkanes) is 2. The molecule has 0 fully saturated rings. The van der Waals surface area contributed by atoms with Gasteiger partial charge in [-0.15, -0.1) is 0 Å². The van der Waals surface area contributed by atoms with E-state index in [0.29, 0.717) is 0 Å². The summed E-state index contributed by atoms with van der Waals surface area (Å²) in [4.78, 5) is 0. The Balaban J connectivity index is 1.85. The predicted molar refractivity (Wildman–Crippen MR) is 85.1 cm³/mol. The SMILES string of the molecule is SCCCCCOc1ccc(-c2ccccc2)cc1. The van der Waals surface area contributed by atoms with Crippen LogP contribution in [0.25, 0.3) is 11.1 Å². The molecule has 0 unspecified atom stereocenters. The molecule has 0 saturated heterocycles. The Morgan fingerprint density at radius 3 is 2.11 bits per heavy atom. The van der Waals surface area contributed by atoms with Crippen LogP contribution in [-0.2, 0) is 0 Å². The van der Waals surface area contributed by atoms with E-state index in [1.165, 1.54) is 24.0 Å². The molecule has 0 N–H and O–H groups in total. The minimum atomic E-state index is 0.790. The van der Waals surface area contributed by atoms with Gasteiger partial charge in [-0.25, -0.2) is 0 Å². The van der Waals surface area contributed by atoms with E-state index in [-0.39, 0.29) is 0 Å². The molecule has 2 heteroatoms. The third-order valence-corrected chi connectivity index (χ3v) is 3.35. The second-order valence-corrected chi connectivity index (χ2v) is 4.97. The van der Waals surface area contributed by atoms with Crippen molar-refractivity contribution in [2.45, 2.75) is 19.3 Å². The number of benzene rings is 2. The van der Waals surface area contributed by atoms with Gasteiger partial charge < -0.3 is 4.74 Å². The fourth-order valence-electron chi connectivity index (χ4n) is 1.95. The van der Waals surface area contributed by atoms with E-state index in [2.05, 4.69) is 49.0 Å². The van der Waals surface area contributed by atoms with Crippen LogP contribution < -0.4 is 4.74 Å². The van der Waals surface area contributed by atoms with Crippen molar-refractivity contribution in [1.82, 2.24) is 0 Å². The summed E-state index contributed by atoms with van der Waals surface area (Å²) in [6.07, 6.45) is 3.45. The quantitative estimate of drug-likeness (QED) is 0.561. The smallest absolute Gasteiger partial charge is 0.119 e. The molecule has 19 heavy (non-hydrogen) atoms. The number of hydrogen-bond donors (Lipinski definition) is 1. The van der Waals surface area contributed by atoms with Gasteiger partial charge in [-0.2, -0.15) is 12.6 Å². The fraction of sp³-hybridized carbons (Fsp3) is 0.294. The van der Waals surface area contributed by atoms with Crippen molar-refractivity contribution in [3.05, 3.63) is 54.6 Å². The van der Waals surface area contributed by atoms with Crippen LogP contribution in [0, 0.1) is 0 Å². The summed E-state index contributed by atoms with van der Waals surface area (Å²) in [5.74, 6) is 1.91. The van der Waals surface area contributed by atoms with Crippen LogP contribution in [0.4, 0.5) is 0 Å². The molecule has 0 aromatic heterocycles. The monoisotopic (exact) mass is 272 g/mol. The average molecular weight is 272 g/mol. The van der Waals surface area contributed by atoms with E-state index in [1.54, 1.807) is 0 Å². The molecule has 0 spiro atoms. The van der Waals surface area contributed by atoms with Crippen LogP contribution in [0.1, 0.15) is 19.3 Å². The number of thiol groups is 1. The van der Waals surface area contributed by atoms with E-state index in [1.807, 2.05) is 18.2 Å². The molecule has 1 nitrogen and oxygen atoms in total. The Morgan fingerprint density at radius 1 is 0.737 bits per heavy atom. The van der Waals surface area contributed by atoms with Gasteiger partial charge in [-0.3, -0.25) is 0 Å². The standard InChI is InChI=1S/C17H20OS/c19-14-6-2-5-13-18-17-11-9-16(10-12-17)15-7-3-1-4-8-15/h1,3-4,7-12,19H,2,5-6,13-14H2. The maximum absolute atomic E-state index is 5.72. The van der Waals surface area contributed by atoms with Gasteiger partial charge in [0.2, 0.25) is 0 Å². The third kappa shape index (κ3) is 4.64. The zero-order chi connectivity index (χ0) is 13.3. The van der Waals surface area contributed by atoms with E-state index in [9.17, 15) is 0 Å². The molecule has 0 heterocycles. The summed E-state index contributed by atoms with van der Waals surface area (Å²) in [5, 5.41) is 0. The average Bonchev–Trinajstić information content (AvgIpc) is 2.49. The Kier molecular flexibility index (Phi) is 5.83. The Labute approximate surface area is 121 Å². The van der Waals surface area contributed by atoms with Crippen LogP contribution >= 0.6 is 12.6 Å². The highest BCUT2D eigenvalue weighted by atomic mass is 32.1. The summed E-state index contributed by atoms with van der Waals surface area (Å²) in [6.45, 7) is 0.790. The minimum Gasteiger partial charge on any atom is -0.494 e. The van der Waals surface area contributed by atoms with E-state index >= 15 is 0 Å². The molecule has 2 aromatic carbocycles. The first-order valence-corrected chi connectivity index (χ1v) is 7.42. The summed E-state index contributed by atoms with van der Waals surface area (Å²) >= 11 is 4.20. The van der Waals surface area contributed by atoms with Crippen LogP contribution in [-0.4, -0.2) is 12.4 Å². The van der Waals surface area contributed by atoms with Crippen molar-refractivity contribution in [3.8, 4) is 16.9 Å². The number of rotatable bonds is 7. The highest BCUT2D eigenvalue weighted by molar-refractivity contribution is 7.80. The molecule has 0 atom stereocenters. The van der Waals surface area contributed by atoms with Gasteiger partial charge in [0.05, 0.1) is 6.61 Å². The van der Waals surface area contributed by atoms with Gasteiger partial charge in [0.15, 0.2) is 0 Å². The fourth-order valence-corrected chi connectivity index (χ4v) is 2.18. The Hall–Kier alpha value is -1.41. The van der Waals surface area contributed by atoms with Crippen molar-refractivity contribution in [1.29, 1.82) is 0 Å². The van der Waals surface area contributed by atoms with Crippen LogP contribution in [0.3, 0.4) is 0 Å². The minimum absolute atomic E-state index is 0.790. The highest BCUT2D eigenvalue weighted by Crippen LogP contribution is 2.22. The summed E-state index contributed by atoms with van der Waals surface area (Å²) in [6, 6.07) is 18.7. The lowest BCUT2D eigenvalue weighted by Crippen LogP contribution is -1.97. The zero-order valence-corrected chi connectivity index (χ0v) is 12.0. The lowest BCUT2D eigenvalue weighted by Gasteiger charge is -2.07. The molecule has 2 rings (SSSR count). The van der Waals surface area contributed by atoms with Crippen molar-refractivity contribution in [2.24, 2.45) is 0 Å². The van der Waals surface area contributed by atoms with Crippen LogP contribution in [0.15, 0.2) is 54.6 Å². The first kappa shape index (κ1) is 14.0. The summed E-state index contributed by atoms with van der Waals surface area (Å²) in [5.41, 5.74) is 2.46. The molecule has 2 aromatic rings. The van der Waals surface area contributed by atoms with Crippen molar-refractivity contribution in [3.63, 3.8) is 0 Å². The molecular formula is C17H20OS. The molecule has 0 amide bonds. The second kappa shape index (κ2) is 7.90. The number of hydrogen-bond acceptors (Lipinski definition) is 2. The molecule has 0 aliphatic rings. The molecule has 0 aliphatic heterocycles. The predicted octanol–water partition coefficient (Wildman–Crippen LogP) is 4.83. The van der Waals surface area contributed by atoms with Gasteiger partial charge in [-0.1, -0.05) is 42.5 Å². The van der Waals surface area contributed by atoms with Gasteiger partial charge in [-0.05, 0) is 48.3 Å². The molecule has 0 aliphatic carbocycles. The molecular weight excluding hydrogens is 252 g/mol. The Morgan fingerprint density at radius 2 is 1.42 bits per heavy atom. The molecule has 0 saturated carbocycles. The maximum atomic E-state index is 5.72. The van der Waals surface area contributed by atoms with Gasteiger partial charge in [0, 0.05) is 0 Å². The first-order chi connectivity index (χ1) is 9.40. The summed E-state index contributed by atoms with van der Waals surface area (Å²) < 4.78 is 5.72. The van der Waals surface area contributed by atoms with Crippen LogP contribution in [0.5, 0.6) is 5.75 Å². The largest absolute Gasteiger partial charge is 0.494 e. The van der Waals surface area contributed by atoms with Crippen molar-refractivity contribution in [2.75, 3.05) is 12.4 Å². The van der Waals surface area contributed by atoms with E-state index in [0.717, 1.165) is 24.5 Å². The van der Waals surface area contributed by atoms with Crippen LogP contribution in [0.2, 0.25) is 0 Å². The van der Waals surface area contributed by atoms with E-state index in [4.69, 9.17) is 4.74 Å². The van der Waals surface area contributed by atoms with E-state index < -0.39 is 0 Å². The zero-order valence-electron chi connectivity index (χ0n) is 11.1. The second-order valence-electron chi connectivity index (χ2n) is 4.52. The van der Waals surface area contributed by atoms with Crippen molar-refractivity contribution < 1.29 is 4.74 Å². The Bertz CT molecular complexity index is 464. The maximum Gasteiger partial charge on any atom is 0.119 e. The molecule has 0 bridgehead atoms. The molecule has 0 radical (unpaired) electrons. The number of ether oxygens (including phenoxy) is 1. The van der Waals surface area contributed by atoms with Gasteiger partial charge in [0.25, 0.3) is 0 Å². The topological polar surface area (TPSA) is 9.23 Å². The first-order valence-electron chi connectivity index (χ1n) is 6.79. The van der Waals surface area contributed by atoms with Gasteiger partial charge >= 0.3 is 0 Å². The lowest BCUT2D eigenvalue weighted by molar-refractivity contribution is 0.306. The molecule has 100 valence electrons. The highest BCUT2D eigenvalue weighted by Gasteiger charge is 1.98.